The second-order valence-electron chi connectivity index (χ2n) is 5.58. The Morgan fingerprint density at radius 1 is 1.32 bits per heavy atom. The summed E-state index contributed by atoms with van der Waals surface area (Å²) in [5, 5.41) is 13.9. The third kappa shape index (κ3) is 3.38. The van der Waals surface area contributed by atoms with E-state index in [4.69, 9.17) is 4.74 Å². The molecule has 2 N–H and O–H groups in total. The highest BCUT2D eigenvalue weighted by molar-refractivity contribution is 8.00. The smallest absolute Gasteiger partial charge is 0.167 e. The first-order chi connectivity index (χ1) is 10.8. The molecule has 0 saturated heterocycles. The first-order valence-corrected chi connectivity index (χ1v) is 8.59. The van der Waals surface area contributed by atoms with Crippen LogP contribution in [0.5, 0.6) is 5.75 Å². The largest absolute Gasteiger partial charge is 0.497 e. The molecule has 0 aliphatic heterocycles. The molecular weight excluding hydrogens is 298 g/mol. The van der Waals surface area contributed by atoms with Crippen LogP contribution >= 0.6 is 11.8 Å². The van der Waals surface area contributed by atoms with E-state index in [2.05, 4.69) is 15.1 Å². The number of rotatable bonds is 3. The average molecular weight is 319 g/mol. The van der Waals surface area contributed by atoms with Gasteiger partial charge < -0.3 is 14.9 Å². The number of nitrogens with one attached hydrogen (secondary N) is 1. The molecule has 1 aromatic heterocycles. The molecule has 1 saturated carbocycles. The third-order valence-electron chi connectivity index (χ3n) is 4.07. The van der Waals surface area contributed by atoms with Gasteiger partial charge >= 0.3 is 0 Å². The van der Waals surface area contributed by atoms with E-state index in [0.29, 0.717) is 0 Å². The van der Waals surface area contributed by atoms with Crippen LogP contribution in [0.1, 0.15) is 38.5 Å². The van der Waals surface area contributed by atoms with Crippen LogP contribution in [-0.4, -0.2) is 33.2 Å². The quantitative estimate of drug-likeness (QED) is 0.656. The minimum Gasteiger partial charge on any atom is -0.497 e. The molecule has 3 rings (SSSR count). The number of aromatic nitrogens is 2. The molecule has 118 valence electrons. The molecule has 1 aromatic carbocycles. The van der Waals surface area contributed by atoms with Crippen molar-refractivity contribution in [1.82, 2.24) is 9.97 Å². The molecule has 2 aromatic rings. The van der Waals surface area contributed by atoms with Gasteiger partial charge in [-0.25, -0.2) is 4.98 Å². The molecule has 5 nitrogen and oxygen atoms in total. The monoisotopic (exact) mass is 319 g/mol. The van der Waals surface area contributed by atoms with Crippen molar-refractivity contribution < 1.29 is 9.94 Å². The number of hydrogen-bond acceptors (Lipinski definition) is 5. The molecule has 0 radical (unpaired) electrons. The first kappa shape index (κ1) is 15.2. The number of aromatic amines is 1. The highest BCUT2D eigenvalue weighted by Crippen LogP contribution is 2.31. The molecule has 6 heteroatoms. The Kier molecular flexibility index (Phi) is 4.87. The Morgan fingerprint density at radius 2 is 2.18 bits per heavy atom. The summed E-state index contributed by atoms with van der Waals surface area (Å²) in [6, 6.07) is 5.81. The number of fused-ring (bicyclic) bond motifs is 1. The summed E-state index contributed by atoms with van der Waals surface area (Å²) in [7, 11) is 1.66. The van der Waals surface area contributed by atoms with Crippen LogP contribution in [0.15, 0.2) is 28.5 Å². The highest BCUT2D eigenvalue weighted by atomic mass is 32.2. The van der Waals surface area contributed by atoms with Crippen molar-refractivity contribution in [3.63, 3.8) is 0 Å². The summed E-state index contributed by atoms with van der Waals surface area (Å²) in [6.07, 6.45) is 6.67. The maximum absolute atomic E-state index is 9.29. The predicted molar refractivity (Wildman–Crippen MR) is 89.2 cm³/mol. The van der Waals surface area contributed by atoms with E-state index < -0.39 is 0 Å². The van der Waals surface area contributed by atoms with Crippen molar-refractivity contribution in [1.29, 1.82) is 0 Å². The molecule has 1 aliphatic carbocycles. The number of methoxy groups -OCH3 is 1. The second-order valence-corrected chi connectivity index (χ2v) is 6.77. The van der Waals surface area contributed by atoms with Crippen LogP contribution in [0, 0.1) is 0 Å². The fraction of sp³-hybridized carbons (Fsp3) is 0.500. The van der Waals surface area contributed by atoms with Gasteiger partial charge in [-0.3, -0.25) is 0 Å². The summed E-state index contributed by atoms with van der Waals surface area (Å²) in [5.74, 6) is 0.816. The number of H-pyrrole nitrogens is 1. The summed E-state index contributed by atoms with van der Waals surface area (Å²) >= 11 is 1.66. The zero-order valence-electron chi connectivity index (χ0n) is 12.7. The normalized spacial score (nSPS) is 21.7. The molecular formula is C16H21N3O2S. The molecule has 0 spiro atoms. The van der Waals surface area contributed by atoms with E-state index in [9.17, 15) is 5.21 Å². The summed E-state index contributed by atoms with van der Waals surface area (Å²) in [5.41, 5.74) is 2.79. The van der Waals surface area contributed by atoms with Gasteiger partial charge in [-0.2, -0.15) is 0 Å². The van der Waals surface area contributed by atoms with Gasteiger partial charge in [0.15, 0.2) is 5.16 Å². The van der Waals surface area contributed by atoms with Crippen LogP contribution in [0.2, 0.25) is 0 Å². The van der Waals surface area contributed by atoms with Crippen molar-refractivity contribution >= 4 is 28.5 Å². The molecule has 22 heavy (non-hydrogen) atoms. The van der Waals surface area contributed by atoms with Crippen molar-refractivity contribution in [2.45, 2.75) is 48.9 Å². The molecule has 0 amide bonds. The Balaban J connectivity index is 1.80. The van der Waals surface area contributed by atoms with Gasteiger partial charge in [-0.1, -0.05) is 36.2 Å². The van der Waals surface area contributed by atoms with Crippen LogP contribution in [-0.2, 0) is 0 Å². The molecule has 1 heterocycles. The van der Waals surface area contributed by atoms with Crippen LogP contribution < -0.4 is 4.74 Å². The van der Waals surface area contributed by atoms with Crippen molar-refractivity contribution in [2.75, 3.05) is 7.11 Å². The number of ether oxygens (including phenoxy) is 1. The number of imidazole rings is 1. The Morgan fingerprint density at radius 3 is 3.00 bits per heavy atom. The number of nitrogens with zero attached hydrogens (tertiary/aromatic N) is 2. The fourth-order valence-electron chi connectivity index (χ4n) is 2.84. The molecule has 1 atom stereocenters. The third-order valence-corrected chi connectivity index (χ3v) is 5.28. The van der Waals surface area contributed by atoms with Gasteiger partial charge in [0.2, 0.25) is 0 Å². The zero-order valence-corrected chi connectivity index (χ0v) is 13.5. The molecule has 1 aliphatic rings. The molecule has 1 unspecified atom stereocenters. The Hall–Kier alpha value is -1.69. The van der Waals surface area contributed by atoms with E-state index in [0.717, 1.165) is 46.9 Å². The van der Waals surface area contributed by atoms with Gasteiger partial charge in [-0.15, -0.1) is 0 Å². The predicted octanol–water partition coefficient (Wildman–Crippen LogP) is 4.22. The fourth-order valence-corrected chi connectivity index (χ4v) is 4.02. The number of thioether (sulfide) groups is 1. The van der Waals surface area contributed by atoms with Crippen molar-refractivity contribution in [2.24, 2.45) is 5.16 Å². The maximum Gasteiger partial charge on any atom is 0.167 e. The highest BCUT2D eigenvalue weighted by Gasteiger charge is 2.21. The summed E-state index contributed by atoms with van der Waals surface area (Å²) in [6.45, 7) is 0. The van der Waals surface area contributed by atoms with Gasteiger partial charge in [0, 0.05) is 6.07 Å². The van der Waals surface area contributed by atoms with Crippen molar-refractivity contribution in [3.05, 3.63) is 18.2 Å². The van der Waals surface area contributed by atoms with Crippen molar-refractivity contribution in [3.8, 4) is 5.75 Å². The first-order valence-electron chi connectivity index (χ1n) is 7.71. The van der Waals surface area contributed by atoms with Crippen LogP contribution in [0.4, 0.5) is 0 Å². The lowest BCUT2D eigenvalue weighted by Crippen LogP contribution is -2.19. The number of oxime groups is 1. The van der Waals surface area contributed by atoms with Gasteiger partial charge in [0.1, 0.15) is 5.75 Å². The Labute approximate surface area is 134 Å². The lowest BCUT2D eigenvalue weighted by molar-refractivity contribution is 0.315. The summed E-state index contributed by atoms with van der Waals surface area (Å²) < 4.78 is 5.24. The van der Waals surface area contributed by atoms with Crippen LogP contribution in [0.3, 0.4) is 0 Å². The van der Waals surface area contributed by atoms with E-state index in [1.807, 2.05) is 18.2 Å². The standard InChI is InChI=1S/C16H21N3O2S/c1-21-11-8-9-12-14(10-11)18-16(17-12)22-15-7-5-3-2-4-6-13(15)19-20/h8-10,15,20H,2-7H2,1H3,(H,17,18). The average Bonchev–Trinajstić information content (AvgIpc) is 2.91. The second kappa shape index (κ2) is 7.05. The Bertz CT molecular complexity index is 668. The van der Waals surface area contributed by atoms with Gasteiger partial charge in [-0.05, 0) is 31.4 Å². The topological polar surface area (TPSA) is 70.5 Å². The summed E-state index contributed by atoms with van der Waals surface area (Å²) in [4.78, 5) is 7.95. The van der Waals surface area contributed by atoms with Gasteiger partial charge in [0.25, 0.3) is 0 Å². The van der Waals surface area contributed by atoms with E-state index >= 15 is 0 Å². The zero-order chi connectivity index (χ0) is 15.4. The minimum absolute atomic E-state index is 0.202. The SMILES string of the molecule is COc1ccc2nc(SC3CCCCCCC3=NO)[nH]c2c1. The molecule has 0 bridgehead atoms. The van der Waals surface area contributed by atoms with Crippen LogP contribution in [0.25, 0.3) is 11.0 Å². The number of hydrogen-bond donors (Lipinski definition) is 2. The molecule has 1 fully saturated rings. The minimum atomic E-state index is 0.202. The lowest BCUT2D eigenvalue weighted by atomic mass is 9.99. The lowest BCUT2D eigenvalue weighted by Gasteiger charge is -2.19. The van der Waals surface area contributed by atoms with E-state index in [1.54, 1.807) is 18.9 Å². The van der Waals surface area contributed by atoms with E-state index in [-0.39, 0.29) is 5.25 Å². The maximum atomic E-state index is 9.29. The van der Waals surface area contributed by atoms with Gasteiger partial charge in [0.05, 0.1) is 29.1 Å². The number of benzene rings is 1. The van der Waals surface area contributed by atoms with E-state index in [1.165, 1.54) is 19.3 Å².